The summed E-state index contributed by atoms with van der Waals surface area (Å²) in [5.41, 5.74) is 3.67. The number of ether oxygens (including phenoxy) is 1. The molecule has 6 heteroatoms. The zero-order valence-electron chi connectivity index (χ0n) is 19.0. The van der Waals surface area contributed by atoms with Crippen molar-refractivity contribution in [2.45, 2.75) is 25.9 Å². The van der Waals surface area contributed by atoms with Gasteiger partial charge in [-0.15, -0.1) is 0 Å². The Balaban J connectivity index is 1.48. The number of methoxy groups -OCH3 is 1. The van der Waals surface area contributed by atoms with Gasteiger partial charge in [0.1, 0.15) is 11.8 Å². The molecule has 3 N–H and O–H groups in total. The van der Waals surface area contributed by atoms with E-state index < -0.39 is 6.04 Å². The number of benzene rings is 3. The van der Waals surface area contributed by atoms with Gasteiger partial charge in [-0.1, -0.05) is 42.5 Å². The molecule has 170 valence electrons. The predicted molar refractivity (Wildman–Crippen MR) is 133 cm³/mol. The summed E-state index contributed by atoms with van der Waals surface area (Å²) in [7, 11) is 1.60. The maximum absolute atomic E-state index is 12.5. The largest absolute Gasteiger partial charge is 0.497 e. The number of carbonyl (C=O) groups is 2. The van der Waals surface area contributed by atoms with E-state index in [1.807, 2.05) is 66.7 Å². The smallest absolute Gasteiger partial charge is 0.246 e. The average Bonchev–Trinajstić information content (AvgIpc) is 2.84. The van der Waals surface area contributed by atoms with Crippen molar-refractivity contribution < 1.29 is 14.3 Å². The highest BCUT2D eigenvalue weighted by molar-refractivity contribution is 5.99. The third kappa shape index (κ3) is 7.25. The normalized spacial score (nSPS) is 12.6. The molecule has 2 unspecified atom stereocenters. The predicted octanol–water partition coefficient (Wildman–Crippen LogP) is 5.02. The summed E-state index contributed by atoms with van der Waals surface area (Å²) in [5, 5.41) is 8.94. The number of carbonyl (C=O) groups excluding carboxylic acids is 2. The molecular weight excluding hydrogens is 414 g/mol. The van der Waals surface area contributed by atoms with E-state index in [9.17, 15) is 9.59 Å². The van der Waals surface area contributed by atoms with Gasteiger partial charge in [0.2, 0.25) is 11.8 Å². The van der Waals surface area contributed by atoms with Gasteiger partial charge in [-0.2, -0.15) is 0 Å². The second-order valence-electron chi connectivity index (χ2n) is 7.68. The van der Waals surface area contributed by atoms with Gasteiger partial charge in [-0.3, -0.25) is 9.59 Å². The molecular formula is C27H29N3O3. The molecule has 0 heterocycles. The van der Waals surface area contributed by atoms with Gasteiger partial charge < -0.3 is 20.7 Å². The lowest BCUT2D eigenvalue weighted by Gasteiger charge is -2.17. The molecule has 6 nitrogen and oxygen atoms in total. The fraction of sp³-hybridized carbons (Fsp3) is 0.185. The SMILES string of the molecule is COc1ccc(/C=C/C(=O)NC(C)C(=O)Nc2ccc(NC(C)c3ccccc3)cc2)cc1. The lowest BCUT2D eigenvalue weighted by molar-refractivity contribution is -0.123. The Kier molecular flexibility index (Phi) is 8.24. The fourth-order valence-corrected chi connectivity index (χ4v) is 3.19. The lowest BCUT2D eigenvalue weighted by atomic mass is 10.1. The Hall–Kier alpha value is -4.06. The van der Waals surface area contributed by atoms with Gasteiger partial charge >= 0.3 is 0 Å². The van der Waals surface area contributed by atoms with Crippen LogP contribution in [-0.4, -0.2) is 25.0 Å². The van der Waals surface area contributed by atoms with Crippen LogP contribution in [-0.2, 0) is 9.59 Å². The molecule has 3 rings (SSSR count). The Morgan fingerprint density at radius 2 is 1.48 bits per heavy atom. The third-order valence-corrected chi connectivity index (χ3v) is 5.13. The van der Waals surface area contributed by atoms with Crippen molar-refractivity contribution >= 4 is 29.3 Å². The zero-order valence-corrected chi connectivity index (χ0v) is 19.0. The first-order chi connectivity index (χ1) is 15.9. The highest BCUT2D eigenvalue weighted by Crippen LogP contribution is 2.20. The topological polar surface area (TPSA) is 79.5 Å². The van der Waals surface area contributed by atoms with Gasteiger partial charge in [0.25, 0.3) is 0 Å². The van der Waals surface area contributed by atoms with Crippen molar-refractivity contribution in [3.8, 4) is 5.75 Å². The molecule has 0 saturated carbocycles. The van der Waals surface area contributed by atoms with Crippen molar-refractivity contribution in [1.29, 1.82) is 0 Å². The van der Waals surface area contributed by atoms with E-state index in [0.717, 1.165) is 17.0 Å². The molecule has 0 aliphatic rings. The highest BCUT2D eigenvalue weighted by Gasteiger charge is 2.14. The van der Waals surface area contributed by atoms with Gasteiger partial charge in [0.15, 0.2) is 0 Å². The van der Waals surface area contributed by atoms with E-state index >= 15 is 0 Å². The number of hydrogen-bond acceptors (Lipinski definition) is 4. The van der Waals surface area contributed by atoms with Crippen molar-refractivity contribution in [3.63, 3.8) is 0 Å². The molecule has 0 aliphatic carbocycles. The van der Waals surface area contributed by atoms with Crippen LogP contribution in [0.15, 0.2) is 84.9 Å². The number of rotatable bonds is 9. The maximum atomic E-state index is 12.5. The Labute approximate surface area is 194 Å². The monoisotopic (exact) mass is 443 g/mol. The molecule has 0 fully saturated rings. The summed E-state index contributed by atoms with van der Waals surface area (Å²) in [6, 6.07) is 24.5. The summed E-state index contributed by atoms with van der Waals surface area (Å²) >= 11 is 0. The Morgan fingerprint density at radius 1 is 0.848 bits per heavy atom. The average molecular weight is 444 g/mol. The molecule has 3 aromatic rings. The van der Waals surface area contributed by atoms with Crippen LogP contribution in [0.5, 0.6) is 5.75 Å². The van der Waals surface area contributed by atoms with E-state index in [4.69, 9.17) is 4.74 Å². The minimum atomic E-state index is -0.686. The number of amides is 2. The van der Waals surface area contributed by atoms with Gasteiger partial charge in [-0.05, 0) is 67.4 Å². The van der Waals surface area contributed by atoms with Crippen LogP contribution in [0.1, 0.15) is 31.0 Å². The molecule has 3 aromatic carbocycles. The highest BCUT2D eigenvalue weighted by atomic mass is 16.5. The summed E-state index contributed by atoms with van der Waals surface area (Å²) in [5.74, 6) is 0.110. The summed E-state index contributed by atoms with van der Waals surface area (Å²) in [6.07, 6.45) is 3.08. The van der Waals surface area contributed by atoms with Crippen molar-refractivity contribution in [2.24, 2.45) is 0 Å². The van der Waals surface area contributed by atoms with Crippen LogP contribution < -0.4 is 20.7 Å². The van der Waals surface area contributed by atoms with Crippen LogP contribution in [0.3, 0.4) is 0 Å². The van der Waals surface area contributed by atoms with Crippen molar-refractivity contribution in [1.82, 2.24) is 5.32 Å². The van der Waals surface area contributed by atoms with E-state index in [1.54, 1.807) is 20.1 Å². The Bertz CT molecular complexity index is 1080. The molecule has 0 spiro atoms. The van der Waals surface area contributed by atoms with Crippen molar-refractivity contribution in [3.05, 3.63) is 96.1 Å². The summed E-state index contributed by atoms with van der Waals surface area (Å²) < 4.78 is 5.11. The van der Waals surface area contributed by atoms with Gasteiger partial charge in [0.05, 0.1) is 7.11 Å². The minimum absolute atomic E-state index is 0.160. The maximum Gasteiger partial charge on any atom is 0.246 e. The van der Waals surface area contributed by atoms with Crippen LogP contribution in [0.4, 0.5) is 11.4 Å². The van der Waals surface area contributed by atoms with E-state index in [2.05, 4.69) is 35.0 Å². The zero-order chi connectivity index (χ0) is 23.6. The van der Waals surface area contributed by atoms with E-state index in [1.165, 1.54) is 11.6 Å². The van der Waals surface area contributed by atoms with E-state index in [0.29, 0.717) is 5.69 Å². The standard InChI is InChI=1S/C27H29N3O3/c1-19(22-7-5-4-6-8-22)28-23-12-14-24(15-13-23)30-27(32)20(2)29-26(31)18-11-21-9-16-25(33-3)17-10-21/h4-20,28H,1-3H3,(H,29,31)(H,30,32)/b18-11+. The summed E-state index contributed by atoms with van der Waals surface area (Å²) in [6.45, 7) is 3.74. The first-order valence-electron chi connectivity index (χ1n) is 10.8. The van der Waals surface area contributed by atoms with Crippen LogP contribution in [0, 0.1) is 0 Å². The third-order valence-electron chi connectivity index (χ3n) is 5.13. The van der Waals surface area contributed by atoms with Crippen LogP contribution in [0.25, 0.3) is 6.08 Å². The van der Waals surface area contributed by atoms with Crippen molar-refractivity contribution in [2.75, 3.05) is 17.7 Å². The van der Waals surface area contributed by atoms with Gasteiger partial charge in [-0.25, -0.2) is 0 Å². The van der Waals surface area contributed by atoms with Gasteiger partial charge in [0, 0.05) is 23.5 Å². The first kappa shape index (κ1) is 23.6. The molecule has 0 aliphatic heterocycles. The molecule has 0 aromatic heterocycles. The number of nitrogens with one attached hydrogen (secondary N) is 3. The molecule has 2 atom stereocenters. The summed E-state index contributed by atoms with van der Waals surface area (Å²) in [4.78, 5) is 24.6. The quantitative estimate of drug-likeness (QED) is 0.406. The second-order valence-corrected chi connectivity index (χ2v) is 7.68. The minimum Gasteiger partial charge on any atom is -0.497 e. The van der Waals surface area contributed by atoms with E-state index in [-0.39, 0.29) is 17.9 Å². The molecule has 0 radical (unpaired) electrons. The molecule has 33 heavy (non-hydrogen) atoms. The fourth-order valence-electron chi connectivity index (χ4n) is 3.19. The molecule has 0 bridgehead atoms. The van der Waals surface area contributed by atoms with Crippen LogP contribution >= 0.6 is 0 Å². The number of anilines is 2. The Morgan fingerprint density at radius 3 is 2.12 bits per heavy atom. The first-order valence-corrected chi connectivity index (χ1v) is 10.8. The second kappa shape index (κ2) is 11.5. The lowest BCUT2D eigenvalue weighted by Crippen LogP contribution is -2.40. The molecule has 2 amide bonds. The van der Waals surface area contributed by atoms with Crippen LogP contribution in [0.2, 0.25) is 0 Å². The molecule has 0 saturated heterocycles. The number of hydrogen-bond donors (Lipinski definition) is 3.